The van der Waals surface area contributed by atoms with E-state index in [2.05, 4.69) is 9.71 Å². The lowest BCUT2D eigenvalue weighted by Gasteiger charge is -2.12. The summed E-state index contributed by atoms with van der Waals surface area (Å²) in [5, 5.41) is 10.1. The number of rotatable bonds is 7. The Balaban J connectivity index is 1.82. The van der Waals surface area contributed by atoms with Crippen LogP contribution in [0, 0.1) is 4.78 Å². The summed E-state index contributed by atoms with van der Waals surface area (Å²) in [6.45, 7) is 1.64. The third-order valence-corrected chi connectivity index (χ3v) is 5.38. The summed E-state index contributed by atoms with van der Waals surface area (Å²) in [7, 11) is -1.58. The first-order chi connectivity index (χ1) is 12.9. The lowest BCUT2D eigenvalue weighted by Crippen LogP contribution is -2.29. The van der Waals surface area contributed by atoms with Gasteiger partial charge in [-0.25, -0.2) is 13.7 Å². The summed E-state index contributed by atoms with van der Waals surface area (Å²) < 4.78 is 34.0. The Kier molecular flexibility index (Phi) is 5.59. The van der Waals surface area contributed by atoms with E-state index in [0.29, 0.717) is 22.1 Å². The number of nitrogens with one attached hydrogen (secondary N) is 2. The van der Waals surface area contributed by atoms with E-state index in [1.54, 1.807) is 50.6 Å². The first kappa shape index (κ1) is 19.1. The van der Waals surface area contributed by atoms with Gasteiger partial charge in [-0.2, -0.15) is 0 Å². The number of aliphatic hydroxyl groups is 1. The number of fused-ring (bicyclic) bond motifs is 1. The van der Waals surface area contributed by atoms with Crippen molar-refractivity contribution in [1.29, 1.82) is 4.78 Å². The monoisotopic (exact) mass is 387 g/mol. The zero-order chi connectivity index (χ0) is 19.4. The molecule has 0 aliphatic heterocycles. The number of ether oxygens (including phenoxy) is 2. The van der Waals surface area contributed by atoms with Gasteiger partial charge in [0, 0.05) is 24.2 Å². The van der Waals surface area contributed by atoms with Crippen LogP contribution in [0.5, 0.6) is 17.2 Å². The highest BCUT2D eigenvalue weighted by Gasteiger charge is 2.11. The first-order valence-corrected chi connectivity index (χ1v) is 9.87. The fourth-order valence-electron chi connectivity index (χ4n) is 2.47. The Morgan fingerprint density at radius 1 is 1.19 bits per heavy atom. The smallest absolute Gasteiger partial charge is 0.138 e. The minimum atomic E-state index is -3.18. The quantitative estimate of drug-likeness (QED) is 0.577. The third-order valence-electron chi connectivity index (χ3n) is 3.88. The molecule has 3 aromatic rings. The molecule has 0 bridgehead atoms. The summed E-state index contributed by atoms with van der Waals surface area (Å²) in [4.78, 5) is 4.64. The second-order valence-corrected chi connectivity index (χ2v) is 7.89. The maximum Gasteiger partial charge on any atom is 0.138 e. The van der Waals surface area contributed by atoms with E-state index in [-0.39, 0.29) is 6.54 Å². The van der Waals surface area contributed by atoms with Gasteiger partial charge in [-0.15, -0.1) is 0 Å². The van der Waals surface area contributed by atoms with Crippen molar-refractivity contribution in [1.82, 2.24) is 9.71 Å². The molecule has 3 rings (SSSR count). The van der Waals surface area contributed by atoms with Gasteiger partial charge in [0.15, 0.2) is 0 Å². The summed E-state index contributed by atoms with van der Waals surface area (Å²) in [5.74, 6) is 1.90. The predicted molar refractivity (Wildman–Crippen MR) is 104 cm³/mol. The molecular formula is C19H21N3O4S. The number of hydrogen-bond donors (Lipinski definition) is 3. The third kappa shape index (κ3) is 4.54. The molecule has 0 unspecified atom stereocenters. The largest absolute Gasteiger partial charge is 0.497 e. The number of aliphatic hydroxyl groups excluding tert-OH is 1. The van der Waals surface area contributed by atoms with Crippen LogP contribution in [0.4, 0.5) is 0 Å². The van der Waals surface area contributed by atoms with Crippen molar-refractivity contribution in [3.8, 4) is 17.2 Å². The van der Waals surface area contributed by atoms with E-state index in [4.69, 9.17) is 14.3 Å². The van der Waals surface area contributed by atoms with Crippen molar-refractivity contribution >= 4 is 20.8 Å². The maximum atomic E-state index is 12.4. The number of aromatic nitrogens is 1. The van der Waals surface area contributed by atoms with Crippen LogP contribution in [0.15, 0.2) is 59.6 Å². The molecule has 2 aromatic carbocycles. The number of nitrogens with zero attached hydrogens (tertiary/aromatic N) is 1. The van der Waals surface area contributed by atoms with E-state index in [1.807, 2.05) is 18.2 Å². The van der Waals surface area contributed by atoms with Crippen molar-refractivity contribution in [2.75, 3.05) is 13.7 Å². The fourth-order valence-corrected chi connectivity index (χ4v) is 3.63. The van der Waals surface area contributed by atoms with Gasteiger partial charge < -0.3 is 14.6 Å². The Hall–Kier alpha value is -2.68. The molecule has 0 spiro atoms. The van der Waals surface area contributed by atoms with Crippen molar-refractivity contribution in [2.45, 2.75) is 17.9 Å². The van der Waals surface area contributed by atoms with Gasteiger partial charge in [0.05, 0.1) is 23.6 Å². The van der Waals surface area contributed by atoms with Crippen molar-refractivity contribution in [2.24, 2.45) is 0 Å². The minimum absolute atomic E-state index is 0.0764. The van der Waals surface area contributed by atoms with Crippen LogP contribution in [0.1, 0.15) is 6.92 Å². The molecule has 0 aliphatic rings. The summed E-state index contributed by atoms with van der Waals surface area (Å²) in [6.07, 6.45) is 0.972. The predicted octanol–water partition coefficient (Wildman–Crippen LogP) is 3.33. The Labute approximate surface area is 158 Å². The molecular weight excluding hydrogens is 366 g/mol. The second-order valence-electron chi connectivity index (χ2n) is 6.02. The van der Waals surface area contributed by atoms with Crippen LogP contribution in [-0.2, 0) is 9.92 Å². The van der Waals surface area contributed by atoms with E-state index in [9.17, 15) is 9.32 Å². The molecule has 7 nitrogen and oxygen atoms in total. The highest BCUT2D eigenvalue weighted by Crippen LogP contribution is 2.31. The number of methoxy groups -OCH3 is 1. The van der Waals surface area contributed by atoms with Gasteiger partial charge in [-0.3, -0.25) is 4.98 Å². The molecule has 0 amide bonds. The molecule has 142 valence electrons. The fraction of sp³-hybridized carbons (Fsp3) is 0.211. The van der Waals surface area contributed by atoms with E-state index in [0.717, 1.165) is 10.9 Å². The Bertz CT molecular complexity index is 1030. The molecule has 1 aromatic heterocycles. The van der Waals surface area contributed by atoms with E-state index < -0.39 is 16.0 Å². The molecule has 27 heavy (non-hydrogen) atoms. The van der Waals surface area contributed by atoms with Crippen LogP contribution in [0.3, 0.4) is 0 Å². The molecule has 0 saturated carbocycles. The minimum Gasteiger partial charge on any atom is -0.497 e. The topological polar surface area (TPSA) is 105 Å². The summed E-state index contributed by atoms with van der Waals surface area (Å²) in [6, 6.07) is 13.8. The van der Waals surface area contributed by atoms with Crippen LogP contribution in [0.2, 0.25) is 0 Å². The van der Waals surface area contributed by atoms with E-state index in [1.165, 1.54) is 0 Å². The second kappa shape index (κ2) is 7.91. The van der Waals surface area contributed by atoms with Crippen molar-refractivity contribution in [3.63, 3.8) is 0 Å². The van der Waals surface area contributed by atoms with Gasteiger partial charge >= 0.3 is 0 Å². The zero-order valence-electron chi connectivity index (χ0n) is 15.0. The highest BCUT2D eigenvalue weighted by atomic mass is 32.2. The standard InChI is InChI=1S/C19H21N3O4S/c1-13(23)12-22-27(20,24)16-6-3-14(4-7-16)26-19-9-10-21-18-11-15(25-2)5-8-17(18)19/h3-11,13,23H,12H2,1-2H3,(H2,20,22,24)/t13-,27-/m1/s1. The van der Waals surface area contributed by atoms with Gasteiger partial charge in [0.25, 0.3) is 0 Å². The average molecular weight is 387 g/mol. The van der Waals surface area contributed by atoms with Crippen LogP contribution in [-0.4, -0.2) is 34.1 Å². The Morgan fingerprint density at radius 2 is 1.89 bits per heavy atom. The SMILES string of the molecule is COc1ccc2c(Oc3ccc([S@](=N)(=O)NC[C@@H](C)O)cc3)ccnc2c1. The van der Waals surface area contributed by atoms with Gasteiger partial charge in [0.1, 0.15) is 27.2 Å². The highest BCUT2D eigenvalue weighted by molar-refractivity contribution is 7.90. The normalized spacial score (nSPS) is 14.5. The molecule has 3 N–H and O–H groups in total. The summed E-state index contributed by atoms with van der Waals surface area (Å²) in [5.41, 5.74) is 0.750. The van der Waals surface area contributed by atoms with Crippen molar-refractivity contribution in [3.05, 3.63) is 54.7 Å². The maximum absolute atomic E-state index is 12.4. The lowest BCUT2D eigenvalue weighted by molar-refractivity contribution is 0.199. The zero-order valence-corrected chi connectivity index (χ0v) is 15.8. The molecule has 0 radical (unpaired) electrons. The number of hydrogen-bond acceptors (Lipinski definition) is 6. The number of pyridine rings is 1. The van der Waals surface area contributed by atoms with Crippen LogP contribution in [0.25, 0.3) is 10.9 Å². The van der Waals surface area contributed by atoms with E-state index >= 15 is 0 Å². The summed E-state index contributed by atoms with van der Waals surface area (Å²) >= 11 is 0. The average Bonchev–Trinajstić information content (AvgIpc) is 2.67. The molecule has 0 saturated heterocycles. The number of benzene rings is 2. The molecule has 8 heteroatoms. The van der Waals surface area contributed by atoms with Crippen molar-refractivity contribution < 1.29 is 18.8 Å². The van der Waals surface area contributed by atoms with Gasteiger partial charge in [0.2, 0.25) is 0 Å². The molecule has 2 atom stereocenters. The Morgan fingerprint density at radius 3 is 2.56 bits per heavy atom. The first-order valence-electron chi connectivity index (χ1n) is 8.31. The molecule has 0 aliphatic carbocycles. The van der Waals surface area contributed by atoms with Crippen LogP contribution >= 0.6 is 0 Å². The molecule has 1 heterocycles. The lowest BCUT2D eigenvalue weighted by atomic mass is 10.2. The van der Waals surface area contributed by atoms with Crippen LogP contribution < -0.4 is 14.2 Å². The van der Waals surface area contributed by atoms with Gasteiger partial charge in [-0.1, -0.05) is 0 Å². The van der Waals surface area contributed by atoms with Gasteiger partial charge in [-0.05, 0) is 49.4 Å². The molecule has 0 fully saturated rings.